The van der Waals surface area contributed by atoms with E-state index < -0.39 is 0 Å². The van der Waals surface area contributed by atoms with Crippen LogP contribution in [-0.2, 0) is 6.54 Å². The quantitative estimate of drug-likeness (QED) is 0.447. The molecular formula is C18H15Br2NO2. The van der Waals surface area contributed by atoms with Gasteiger partial charge in [-0.2, -0.15) is 4.57 Å². The Labute approximate surface area is 153 Å². The number of methoxy groups -OCH3 is 1. The number of nitrogens with zero attached hydrogens (tertiary/aromatic N) is 1. The zero-order valence-electron chi connectivity index (χ0n) is 12.5. The van der Waals surface area contributed by atoms with Gasteiger partial charge < -0.3 is 21.7 Å². The first-order valence-corrected chi connectivity index (χ1v) is 7.71. The maximum Gasteiger partial charge on any atom is 0.227 e. The second kappa shape index (κ2) is 7.70. The van der Waals surface area contributed by atoms with Crippen molar-refractivity contribution < 1.29 is 31.1 Å². The third-order valence-electron chi connectivity index (χ3n) is 3.57. The summed E-state index contributed by atoms with van der Waals surface area (Å²) in [5, 5.41) is 1.05. The fourth-order valence-electron chi connectivity index (χ4n) is 2.41. The van der Waals surface area contributed by atoms with Crippen LogP contribution < -0.4 is 26.3 Å². The van der Waals surface area contributed by atoms with Crippen LogP contribution in [0, 0.1) is 0 Å². The highest BCUT2D eigenvalue weighted by molar-refractivity contribution is 9.10. The van der Waals surface area contributed by atoms with Crippen molar-refractivity contribution in [1.82, 2.24) is 0 Å². The highest BCUT2D eigenvalue weighted by Gasteiger charge is 2.15. The van der Waals surface area contributed by atoms with E-state index in [0.29, 0.717) is 12.1 Å². The molecule has 1 aromatic heterocycles. The van der Waals surface area contributed by atoms with Crippen LogP contribution in [-0.4, -0.2) is 12.9 Å². The fourth-order valence-corrected chi connectivity index (χ4v) is 2.67. The molecule has 0 amide bonds. The number of carbonyl (C=O) groups is 1. The van der Waals surface area contributed by atoms with Gasteiger partial charge in [0.15, 0.2) is 6.20 Å². The molecule has 0 unspecified atom stereocenters. The summed E-state index contributed by atoms with van der Waals surface area (Å²) in [6.45, 7) is 0.311. The van der Waals surface area contributed by atoms with E-state index in [0.717, 1.165) is 21.1 Å². The van der Waals surface area contributed by atoms with Crippen LogP contribution in [0.3, 0.4) is 0 Å². The van der Waals surface area contributed by atoms with Crippen LogP contribution in [0.15, 0.2) is 65.3 Å². The van der Waals surface area contributed by atoms with Crippen molar-refractivity contribution in [2.75, 3.05) is 7.11 Å². The number of benzene rings is 2. The van der Waals surface area contributed by atoms with E-state index >= 15 is 0 Å². The SMILES string of the molecule is COc1ccc2c(ccc[n+]2CC(=O)c2ccc(Br)cc2)c1.[Br-]. The minimum atomic E-state index is 0. The fraction of sp³-hybridized carbons (Fsp3) is 0.111. The lowest BCUT2D eigenvalue weighted by Gasteiger charge is -2.04. The summed E-state index contributed by atoms with van der Waals surface area (Å²) in [5.74, 6) is 0.894. The molecule has 0 fully saturated rings. The number of Topliss-reactive ketones (excluding diaryl/α,β-unsaturated/α-hetero) is 1. The average molecular weight is 437 g/mol. The second-order valence-electron chi connectivity index (χ2n) is 4.99. The van der Waals surface area contributed by atoms with Crippen LogP contribution >= 0.6 is 15.9 Å². The summed E-state index contributed by atoms with van der Waals surface area (Å²) in [7, 11) is 1.65. The number of ketones is 1. The van der Waals surface area contributed by atoms with Gasteiger partial charge in [0.25, 0.3) is 0 Å². The number of aromatic nitrogens is 1. The molecule has 0 atom stereocenters. The molecule has 1 heterocycles. The van der Waals surface area contributed by atoms with E-state index in [4.69, 9.17) is 4.74 Å². The molecule has 0 aliphatic carbocycles. The second-order valence-corrected chi connectivity index (χ2v) is 5.91. The van der Waals surface area contributed by atoms with E-state index in [1.165, 1.54) is 0 Å². The predicted octanol–water partition coefficient (Wildman–Crippen LogP) is 0.785. The summed E-state index contributed by atoms with van der Waals surface area (Å²) < 4.78 is 8.17. The maximum atomic E-state index is 12.4. The van der Waals surface area contributed by atoms with E-state index in [1.807, 2.05) is 65.4 Å². The standard InChI is InChI=1S/C18H15BrNO2.BrH/c1-22-16-8-9-17-14(11-16)3-2-10-20(17)12-18(21)13-4-6-15(19)7-5-13;/h2-11H,12H2,1H3;1H/q+1;/p-1. The number of rotatable bonds is 4. The molecule has 23 heavy (non-hydrogen) atoms. The van der Waals surface area contributed by atoms with Crippen molar-refractivity contribution in [3.8, 4) is 5.75 Å². The number of hydrogen-bond donors (Lipinski definition) is 0. The Morgan fingerprint density at radius 2 is 1.87 bits per heavy atom. The molecule has 0 saturated heterocycles. The maximum absolute atomic E-state index is 12.4. The van der Waals surface area contributed by atoms with E-state index in [-0.39, 0.29) is 22.8 Å². The summed E-state index contributed by atoms with van der Waals surface area (Å²) in [6.07, 6.45) is 1.92. The monoisotopic (exact) mass is 435 g/mol. The van der Waals surface area contributed by atoms with E-state index in [1.54, 1.807) is 7.11 Å². The Morgan fingerprint density at radius 1 is 1.13 bits per heavy atom. The molecule has 0 N–H and O–H groups in total. The molecule has 5 heteroatoms. The van der Waals surface area contributed by atoms with Crippen LogP contribution in [0.25, 0.3) is 10.9 Å². The van der Waals surface area contributed by atoms with Gasteiger partial charge in [-0.05, 0) is 30.3 Å². The summed E-state index contributed by atoms with van der Waals surface area (Å²) in [5.41, 5.74) is 1.72. The first kappa shape index (κ1) is 17.6. The normalized spacial score (nSPS) is 10.2. The third-order valence-corrected chi connectivity index (χ3v) is 4.09. The lowest BCUT2D eigenvalue weighted by molar-refractivity contribution is -0.657. The lowest BCUT2D eigenvalue weighted by atomic mass is 10.1. The van der Waals surface area contributed by atoms with Crippen LogP contribution in [0.4, 0.5) is 0 Å². The zero-order valence-corrected chi connectivity index (χ0v) is 15.7. The molecule has 0 saturated carbocycles. The van der Waals surface area contributed by atoms with Gasteiger partial charge in [0, 0.05) is 22.2 Å². The van der Waals surface area contributed by atoms with Crippen molar-refractivity contribution in [1.29, 1.82) is 0 Å². The predicted molar refractivity (Wildman–Crippen MR) is 89.2 cm³/mol. The minimum absolute atomic E-state index is 0. The molecule has 118 valence electrons. The first-order chi connectivity index (χ1) is 10.7. The number of fused-ring (bicyclic) bond motifs is 1. The topological polar surface area (TPSA) is 30.2 Å². The van der Waals surface area contributed by atoms with Gasteiger partial charge in [0.2, 0.25) is 17.8 Å². The Kier molecular flexibility index (Phi) is 5.91. The largest absolute Gasteiger partial charge is 1.00 e. The number of halogens is 2. The smallest absolute Gasteiger partial charge is 0.227 e. The average Bonchev–Trinajstić information content (AvgIpc) is 2.55. The zero-order chi connectivity index (χ0) is 15.5. The molecule has 0 radical (unpaired) electrons. The van der Waals surface area contributed by atoms with Crippen LogP contribution in [0.5, 0.6) is 5.75 Å². The molecule has 0 aliphatic rings. The first-order valence-electron chi connectivity index (χ1n) is 6.92. The van der Waals surface area contributed by atoms with Crippen LogP contribution in [0.2, 0.25) is 0 Å². The highest BCUT2D eigenvalue weighted by atomic mass is 79.9. The molecule has 0 spiro atoms. The molecule has 3 nitrogen and oxygen atoms in total. The summed E-state index contributed by atoms with van der Waals surface area (Å²) >= 11 is 3.38. The van der Waals surface area contributed by atoms with Gasteiger partial charge in [-0.25, -0.2) is 0 Å². The molecule has 2 aromatic carbocycles. The third kappa shape index (κ3) is 3.98. The Bertz CT molecular complexity index is 832. The number of hydrogen-bond acceptors (Lipinski definition) is 2. The van der Waals surface area contributed by atoms with E-state index in [2.05, 4.69) is 15.9 Å². The Balaban J connectivity index is 0.00000192. The Hall–Kier alpha value is -1.72. The van der Waals surface area contributed by atoms with Gasteiger partial charge >= 0.3 is 0 Å². The van der Waals surface area contributed by atoms with Gasteiger partial charge in [-0.15, -0.1) is 0 Å². The molecule has 3 rings (SSSR count). The lowest BCUT2D eigenvalue weighted by Crippen LogP contribution is -3.00. The molecule has 0 bridgehead atoms. The van der Waals surface area contributed by atoms with E-state index in [9.17, 15) is 4.79 Å². The minimum Gasteiger partial charge on any atom is -1.00 e. The molecule has 0 aliphatic heterocycles. The van der Waals surface area contributed by atoms with Crippen molar-refractivity contribution in [2.24, 2.45) is 0 Å². The highest BCUT2D eigenvalue weighted by Crippen LogP contribution is 2.18. The van der Waals surface area contributed by atoms with Gasteiger partial charge in [0.1, 0.15) is 5.75 Å². The molecular weight excluding hydrogens is 422 g/mol. The summed E-state index contributed by atoms with van der Waals surface area (Å²) in [6, 6.07) is 17.2. The number of pyridine rings is 1. The van der Waals surface area contributed by atoms with Crippen LogP contribution in [0.1, 0.15) is 10.4 Å². The summed E-state index contributed by atoms with van der Waals surface area (Å²) in [4.78, 5) is 12.4. The number of ether oxygens (including phenoxy) is 1. The van der Waals surface area contributed by atoms with Crippen molar-refractivity contribution >= 4 is 32.6 Å². The molecule has 3 aromatic rings. The van der Waals surface area contributed by atoms with Gasteiger partial charge in [-0.3, -0.25) is 4.79 Å². The van der Waals surface area contributed by atoms with Crippen molar-refractivity contribution in [3.05, 3.63) is 70.8 Å². The van der Waals surface area contributed by atoms with Gasteiger partial charge in [0.05, 0.1) is 12.5 Å². The van der Waals surface area contributed by atoms with Gasteiger partial charge in [-0.1, -0.05) is 28.1 Å². The Morgan fingerprint density at radius 3 is 2.57 bits per heavy atom. The number of carbonyl (C=O) groups excluding carboxylic acids is 1. The van der Waals surface area contributed by atoms with Crippen molar-refractivity contribution in [2.45, 2.75) is 6.54 Å². The van der Waals surface area contributed by atoms with Crippen molar-refractivity contribution in [3.63, 3.8) is 0 Å².